The predicted octanol–water partition coefficient (Wildman–Crippen LogP) is 2.13. The number of hydrogen-bond acceptors (Lipinski definition) is 6. The van der Waals surface area contributed by atoms with Crippen molar-refractivity contribution in [3.8, 4) is 0 Å². The normalized spacial score (nSPS) is 20.2. The maximum Gasteiger partial charge on any atom is 0.254 e. The van der Waals surface area contributed by atoms with Gasteiger partial charge in [-0.1, -0.05) is 6.07 Å². The second-order valence-corrected chi connectivity index (χ2v) is 7.15. The van der Waals surface area contributed by atoms with Crippen LogP contribution in [0.1, 0.15) is 28.9 Å². The highest BCUT2D eigenvalue weighted by Crippen LogP contribution is 2.21. The fourth-order valence-electron chi connectivity index (χ4n) is 3.64. The molecule has 7 heteroatoms. The van der Waals surface area contributed by atoms with E-state index in [1.165, 1.54) is 0 Å². The summed E-state index contributed by atoms with van der Waals surface area (Å²) in [7, 11) is 0. The molecule has 4 heterocycles. The Hall–Kier alpha value is -2.51. The Morgan fingerprint density at radius 1 is 1.14 bits per heavy atom. The van der Waals surface area contributed by atoms with Crippen LogP contribution in [0.25, 0.3) is 0 Å². The molecule has 0 aliphatic carbocycles. The molecule has 1 atom stereocenters. The van der Waals surface area contributed by atoms with Gasteiger partial charge < -0.3 is 19.3 Å². The Balaban J connectivity index is 1.38. The standard InChI is InChI=1S/C21H26N4O3/c26-21(24-10-12-27-13-11-24)17-6-8-23-20(14-17)25-9-3-5-19(15-25)28-16-18-4-1-2-7-22-18/h1-2,4,6-8,14,19H,3,5,9-13,15-16H2. The lowest BCUT2D eigenvalue weighted by Crippen LogP contribution is -2.41. The number of piperidine rings is 1. The van der Waals surface area contributed by atoms with Crippen molar-refractivity contribution < 1.29 is 14.3 Å². The molecule has 0 saturated carbocycles. The van der Waals surface area contributed by atoms with E-state index in [1.807, 2.05) is 29.2 Å². The Morgan fingerprint density at radius 3 is 2.86 bits per heavy atom. The number of pyridine rings is 2. The van der Waals surface area contributed by atoms with Gasteiger partial charge in [0.25, 0.3) is 5.91 Å². The topological polar surface area (TPSA) is 67.8 Å². The van der Waals surface area contributed by atoms with E-state index >= 15 is 0 Å². The van der Waals surface area contributed by atoms with Gasteiger partial charge in [0.15, 0.2) is 0 Å². The minimum Gasteiger partial charge on any atom is -0.378 e. The largest absolute Gasteiger partial charge is 0.378 e. The molecule has 0 bridgehead atoms. The molecular weight excluding hydrogens is 356 g/mol. The van der Waals surface area contributed by atoms with Crippen LogP contribution in [0.3, 0.4) is 0 Å². The van der Waals surface area contributed by atoms with Crippen molar-refractivity contribution in [3.63, 3.8) is 0 Å². The minimum absolute atomic E-state index is 0.0481. The lowest BCUT2D eigenvalue weighted by molar-refractivity contribution is 0.0296. The van der Waals surface area contributed by atoms with Crippen molar-refractivity contribution in [1.82, 2.24) is 14.9 Å². The molecule has 0 aromatic carbocycles. The average Bonchev–Trinajstić information content (AvgIpc) is 2.79. The zero-order valence-electron chi connectivity index (χ0n) is 16.0. The molecular formula is C21H26N4O3. The van der Waals surface area contributed by atoms with Gasteiger partial charge in [0.2, 0.25) is 0 Å². The molecule has 2 aliphatic rings. The third kappa shape index (κ3) is 4.66. The van der Waals surface area contributed by atoms with E-state index in [0.717, 1.165) is 37.4 Å². The first-order chi connectivity index (χ1) is 13.8. The van der Waals surface area contributed by atoms with E-state index in [-0.39, 0.29) is 12.0 Å². The zero-order valence-corrected chi connectivity index (χ0v) is 16.0. The van der Waals surface area contributed by atoms with Gasteiger partial charge in [-0.2, -0.15) is 0 Å². The van der Waals surface area contributed by atoms with E-state index in [2.05, 4.69) is 14.9 Å². The molecule has 2 aliphatic heterocycles. The van der Waals surface area contributed by atoms with Gasteiger partial charge in [-0.05, 0) is 37.1 Å². The summed E-state index contributed by atoms with van der Waals surface area (Å²) >= 11 is 0. The molecule has 2 aromatic rings. The third-order valence-corrected chi connectivity index (χ3v) is 5.19. The summed E-state index contributed by atoms with van der Waals surface area (Å²) < 4.78 is 11.4. The van der Waals surface area contributed by atoms with Crippen molar-refractivity contribution in [3.05, 3.63) is 54.0 Å². The van der Waals surface area contributed by atoms with Gasteiger partial charge in [0, 0.05) is 44.1 Å². The fourth-order valence-corrected chi connectivity index (χ4v) is 3.64. The number of hydrogen-bond donors (Lipinski definition) is 0. The van der Waals surface area contributed by atoms with Crippen molar-refractivity contribution in [2.45, 2.75) is 25.6 Å². The first-order valence-electron chi connectivity index (χ1n) is 9.89. The number of morpholine rings is 1. The van der Waals surface area contributed by atoms with E-state index in [4.69, 9.17) is 9.47 Å². The number of carbonyl (C=O) groups excluding carboxylic acids is 1. The summed E-state index contributed by atoms with van der Waals surface area (Å²) in [5, 5.41) is 0. The van der Waals surface area contributed by atoms with Crippen LogP contribution in [0, 0.1) is 0 Å². The molecule has 148 valence electrons. The van der Waals surface area contributed by atoms with E-state index < -0.39 is 0 Å². The Labute approximate surface area is 165 Å². The average molecular weight is 382 g/mol. The van der Waals surface area contributed by atoms with E-state index in [0.29, 0.717) is 38.5 Å². The van der Waals surface area contributed by atoms with Crippen molar-refractivity contribution in [2.24, 2.45) is 0 Å². The predicted molar refractivity (Wildman–Crippen MR) is 105 cm³/mol. The number of amides is 1. The van der Waals surface area contributed by atoms with Crippen LogP contribution in [0.2, 0.25) is 0 Å². The van der Waals surface area contributed by atoms with Crippen molar-refractivity contribution in [2.75, 3.05) is 44.3 Å². The molecule has 4 rings (SSSR count). The van der Waals surface area contributed by atoms with Crippen LogP contribution in [0.15, 0.2) is 42.7 Å². The number of aromatic nitrogens is 2. The summed E-state index contributed by atoms with van der Waals surface area (Å²) in [5.74, 6) is 0.886. The Morgan fingerprint density at radius 2 is 2.04 bits per heavy atom. The van der Waals surface area contributed by atoms with Gasteiger partial charge in [-0.15, -0.1) is 0 Å². The SMILES string of the molecule is O=C(c1ccnc(N2CCCC(OCc3ccccn3)C2)c1)N1CCOCC1. The van der Waals surface area contributed by atoms with Gasteiger partial charge in [-0.3, -0.25) is 9.78 Å². The molecule has 0 spiro atoms. The number of carbonyl (C=O) groups is 1. The smallest absolute Gasteiger partial charge is 0.254 e. The van der Waals surface area contributed by atoms with E-state index in [9.17, 15) is 4.79 Å². The maximum atomic E-state index is 12.8. The first kappa shape index (κ1) is 18.8. The fraction of sp³-hybridized carbons (Fsp3) is 0.476. The van der Waals surface area contributed by atoms with Gasteiger partial charge in [0.05, 0.1) is 31.6 Å². The highest BCUT2D eigenvalue weighted by Gasteiger charge is 2.24. The number of rotatable bonds is 5. The van der Waals surface area contributed by atoms with Crippen LogP contribution in [-0.4, -0.2) is 66.3 Å². The van der Waals surface area contributed by atoms with Gasteiger partial charge in [-0.25, -0.2) is 4.98 Å². The Kier molecular flexibility index (Phi) is 6.14. The number of anilines is 1. The van der Waals surface area contributed by atoms with Crippen LogP contribution in [0.5, 0.6) is 0 Å². The summed E-state index contributed by atoms with van der Waals surface area (Å²) in [6, 6.07) is 9.55. The zero-order chi connectivity index (χ0) is 19.2. The number of ether oxygens (including phenoxy) is 2. The van der Waals surface area contributed by atoms with Gasteiger partial charge >= 0.3 is 0 Å². The molecule has 1 unspecified atom stereocenters. The molecule has 0 radical (unpaired) electrons. The molecule has 1 amide bonds. The molecule has 2 fully saturated rings. The van der Waals surface area contributed by atoms with Crippen LogP contribution < -0.4 is 4.90 Å². The second-order valence-electron chi connectivity index (χ2n) is 7.15. The van der Waals surface area contributed by atoms with Crippen molar-refractivity contribution >= 4 is 11.7 Å². The molecule has 2 aromatic heterocycles. The highest BCUT2D eigenvalue weighted by molar-refractivity contribution is 5.94. The van der Waals surface area contributed by atoms with E-state index in [1.54, 1.807) is 18.5 Å². The van der Waals surface area contributed by atoms with Crippen LogP contribution >= 0.6 is 0 Å². The molecule has 7 nitrogen and oxygen atoms in total. The molecule has 0 N–H and O–H groups in total. The highest BCUT2D eigenvalue weighted by atomic mass is 16.5. The number of nitrogens with zero attached hydrogens (tertiary/aromatic N) is 4. The minimum atomic E-state index is 0.0481. The third-order valence-electron chi connectivity index (χ3n) is 5.19. The summed E-state index contributed by atoms with van der Waals surface area (Å²) in [6.07, 6.45) is 5.70. The maximum absolute atomic E-state index is 12.8. The van der Waals surface area contributed by atoms with Crippen LogP contribution in [0.4, 0.5) is 5.82 Å². The van der Waals surface area contributed by atoms with Crippen molar-refractivity contribution in [1.29, 1.82) is 0 Å². The van der Waals surface area contributed by atoms with Crippen LogP contribution in [-0.2, 0) is 16.1 Å². The second kappa shape index (κ2) is 9.12. The molecule has 28 heavy (non-hydrogen) atoms. The quantitative estimate of drug-likeness (QED) is 0.789. The molecule has 2 saturated heterocycles. The lowest BCUT2D eigenvalue weighted by atomic mass is 10.1. The first-order valence-corrected chi connectivity index (χ1v) is 9.89. The summed E-state index contributed by atoms with van der Waals surface area (Å²) in [5.41, 5.74) is 1.62. The Bertz CT molecular complexity index is 780. The monoisotopic (exact) mass is 382 g/mol. The summed E-state index contributed by atoms with van der Waals surface area (Å²) in [6.45, 7) is 4.70. The lowest BCUT2D eigenvalue weighted by Gasteiger charge is -2.33. The van der Waals surface area contributed by atoms with Gasteiger partial charge in [0.1, 0.15) is 5.82 Å². The summed E-state index contributed by atoms with van der Waals surface area (Å²) in [4.78, 5) is 25.6.